The number of thiol groups is 1. The van der Waals surface area contributed by atoms with Crippen molar-refractivity contribution in [2.45, 2.75) is 19.1 Å². The summed E-state index contributed by atoms with van der Waals surface area (Å²) in [6.07, 6.45) is 0. The Morgan fingerprint density at radius 3 is 2.29 bits per heavy atom. The van der Waals surface area contributed by atoms with Crippen LogP contribution in [0.5, 0.6) is 0 Å². The van der Waals surface area contributed by atoms with Crippen molar-refractivity contribution < 1.29 is 14.7 Å². The molecule has 0 heterocycles. The maximum Gasteiger partial charge on any atom is 0.323 e. The number of aryl methyl sites for hydroxylation is 1. The highest BCUT2D eigenvalue weighted by atomic mass is 32.1. The van der Waals surface area contributed by atoms with Crippen molar-refractivity contribution in [2.24, 2.45) is 0 Å². The van der Waals surface area contributed by atoms with Crippen LogP contribution >= 0.6 is 12.6 Å². The lowest BCUT2D eigenvalue weighted by Crippen LogP contribution is -2.39. The molecule has 1 amide bonds. The first-order valence-corrected chi connectivity index (χ1v) is 5.71. The molecule has 0 aliphatic carbocycles. The van der Waals surface area contributed by atoms with Crippen LogP contribution in [0.15, 0.2) is 24.3 Å². The highest BCUT2D eigenvalue weighted by Gasteiger charge is 2.21. The van der Waals surface area contributed by atoms with E-state index in [4.69, 9.17) is 5.11 Å². The second-order valence-electron chi connectivity index (χ2n) is 3.83. The average molecular weight is 253 g/mol. The Balaban J connectivity index is 3.01. The van der Waals surface area contributed by atoms with Crippen LogP contribution in [0.1, 0.15) is 12.5 Å². The molecular weight excluding hydrogens is 238 g/mol. The summed E-state index contributed by atoms with van der Waals surface area (Å²) in [6.45, 7) is 3.19. The standard InChI is InChI=1S/C12H15NO3S/c1-8-3-5-10(6-4-8)13(7-11(14)15)12(16)9(2)17/h3-6,9,17H,7H2,1-2H3,(H,14,15). The molecule has 0 aliphatic rings. The van der Waals surface area contributed by atoms with E-state index in [0.29, 0.717) is 5.69 Å². The number of nitrogens with zero attached hydrogens (tertiary/aromatic N) is 1. The summed E-state index contributed by atoms with van der Waals surface area (Å²) in [7, 11) is 0. The van der Waals surface area contributed by atoms with Gasteiger partial charge >= 0.3 is 5.97 Å². The molecule has 0 saturated carbocycles. The Morgan fingerprint density at radius 2 is 1.88 bits per heavy atom. The van der Waals surface area contributed by atoms with Gasteiger partial charge in [0.15, 0.2) is 0 Å². The van der Waals surface area contributed by atoms with Crippen molar-refractivity contribution in [2.75, 3.05) is 11.4 Å². The lowest BCUT2D eigenvalue weighted by molar-refractivity contribution is -0.136. The topological polar surface area (TPSA) is 57.6 Å². The highest BCUT2D eigenvalue weighted by molar-refractivity contribution is 7.81. The van der Waals surface area contributed by atoms with Gasteiger partial charge in [-0.15, -0.1) is 0 Å². The maximum atomic E-state index is 11.9. The van der Waals surface area contributed by atoms with E-state index in [9.17, 15) is 9.59 Å². The molecule has 0 bridgehead atoms. The van der Waals surface area contributed by atoms with Crippen molar-refractivity contribution in [1.82, 2.24) is 0 Å². The van der Waals surface area contributed by atoms with Crippen LogP contribution < -0.4 is 4.90 Å². The molecule has 4 nitrogen and oxygen atoms in total. The SMILES string of the molecule is Cc1ccc(N(CC(=O)O)C(=O)C(C)S)cc1. The van der Waals surface area contributed by atoms with E-state index < -0.39 is 11.2 Å². The van der Waals surface area contributed by atoms with E-state index in [-0.39, 0.29) is 12.5 Å². The number of benzene rings is 1. The number of anilines is 1. The molecule has 0 fully saturated rings. The number of carbonyl (C=O) groups excluding carboxylic acids is 1. The van der Waals surface area contributed by atoms with Crippen LogP contribution in [-0.4, -0.2) is 28.8 Å². The third-order valence-electron chi connectivity index (χ3n) is 2.26. The second kappa shape index (κ2) is 5.72. The van der Waals surface area contributed by atoms with E-state index in [1.807, 2.05) is 19.1 Å². The van der Waals surface area contributed by atoms with E-state index in [1.54, 1.807) is 19.1 Å². The first kappa shape index (κ1) is 13.6. The molecule has 1 aromatic rings. The van der Waals surface area contributed by atoms with Gasteiger partial charge in [-0.3, -0.25) is 9.59 Å². The van der Waals surface area contributed by atoms with Crippen LogP contribution in [0, 0.1) is 6.92 Å². The fourth-order valence-electron chi connectivity index (χ4n) is 1.38. The summed E-state index contributed by atoms with van der Waals surface area (Å²) < 4.78 is 0. The van der Waals surface area contributed by atoms with Gasteiger partial charge in [-0.05, 0) is 26.0 Å². The molecule has 0 aromatic heterocycles. The van der Waals surface area contributed by atoms with Gasteiger partial charge in [-0.1, -0.05) is 17.7 Å². The third-order valence-corrected chi connectivity index (χ3v) is 2.48. The quantitative estimate of drug-likeness (QED) is 0.803. The summed E-state index contributed by atoms with van der Waals surface area (Å²) in [5, 5.41) is 8.28. The van der Waals surface area contributed by atoms with Gasteiger partial charge in [0.05, 0.1) is 5.25 Å². The lowest BCUT2D eigenvalue weighted by atomic mass is 10.2. The fraction of sp³-hybridized carbons (Fsp3) is 0.333. The van der Waals surface area contributed by atoms with Crippen molar-refractivity contribution >= 4 is 30.2 Å². The summed E-state index contributed by atoms with van der Waals surface area (Å²) >= 11 is 4.04. The van der Waals surface area contributed by atoms with Gasteiger partial charge in [0, 0.05) is 5.69 Å². The lowest BCUT2D eigenvalue weighted by Gasteiger charge is -2.22. The molecule has 92 valence electrons. The summed E-state index contributed by atoms with van der Waals surface area (Å²) in [5.74, 6) is -1.37. The van der Waals surface area contributed by atoms with Gasteiger partial charge in [0.1, 0.15) is 6.54 Å². The maximum absolute atomic E-state index is 11.9. The van der Waals surface area contributed by atoms with Crippen molar-refractivity contribution in [3.8, 4) is 0 Å². The number of rotatable bonds is 4. The van der Waals surface area contributed by atoms with E-state index >= 15 is 0 Å². The Kier molecular flexibility index (Phi) is 4.57. The smallest absolute Gasteiger partial charge is 0.323 e. The molecule has 0 spiro atoms. The molecule has 1 unspecified atom stereocenters. The van der Waals surface area contributed by atoms with Crippen LogP contribution in [0.4, 0.5) is 5.69 Å². The van der Waals surface area contributed by atoms with Gasteiger partial charge < -0.3 is 10.0 Å². The molecule has 0 saturated heterocycles. The van der Waals surface area contributed by atoms with E-state index in [2.05, 4.69) is 12.6 Å². The van der Waals surface area contributed by atoms with Crippen LogP contribution in [0.2, 0.25) is 0 Å². The molecule has 1 aromatic carbocycles. The Bertz CT molecular complexity index is 414. The molecule has 5 heteroatoms. The van der Waals surface area contributed by atoms with Gasteiger partial charge in [-0.2, -0.15) is 12.6 Å². The van der Waals surface area contributed by atoms with Gasteiger partial charge in [-0.25, -0.2) is 0 Å². The minimum Gasteiger partial charge on any atom is -0.480 e. The van der Waals surface area contributed by atoms with E-state index in [0.717, 1.165) is 5.56 Å². The molecule has 17 heavy (non-hydrogen) atoms. The Hall–Kier alpha value is -1.49. The summed E-state index contributed by atoms with van der Waals surface area (Å²) in [6, 6.07) is 7.12. The average Bonchev–Trinajstić information content (AvgIpc) is 2.26. The molecule has 1 rings (SSSR count). The van der Waals surface area contributed by atoms with Gasteiger partial charge in [0.25, 0.3) is 0 Å². The van der Waals surface area contributed by atoms with Crippen LogP contribution in [0.3, 0.4) is 0 Å². The zero-order valence-corrected chi connectivity index (χ0v) is 10.6. The number of hydrogen-bond donors (Lipinski definition) is 2. The van der Waals surface area contributed by atoms with Gasteiger partial charge in [0.2, 0.25) is 5.91 Å². The van der Waals surface area contributed by atoms with Crippen LogP contribution in [-0.2, 0) is 9.59 Å². The zero-order chi connectivity index (χ0) is 13.0. The number of carboxylic acids is 1. The van der Waals surface area contributed by atoms with E-state index in [1.165, 1.54) is 4.90 Å². The minimum absolute atomic E-state index is 0.320. The number of hydrogen-bond acceptors (Lipinski definition) is 3. The predicted molar refractivity (Wildman–Crippen MR) is 69.6 cm³/mol. The Morgan fingerprint density at radius 1 is 1.35 bits per heavy atom. The zero-order valence-electron chi connectivity index (χ0n) is 9.75. The first-order chi connectivity index (χ1) is 7.91. The third kappa shape index (κ3) is 3.78. The summed E-state index contributed by atoms with van der Waals surface area (Å²) in [4.78, 5) is 23.8. The van der Waals surface area contributed by atoms with Crippen molar-refractivity contribution in [3.05, 3.63) is 29.8 Å². The monoisotopic (exact) mass is 253 g/mol. The molecule has 0 aliphatic heterocycles. The number of amides is 1. The fourth-order valence-corrected chi connectivity index (χ4v) is 1.52. The molecule has 1 N–H and O–H groups in total. The molecular formula is C12H15NO3S. The molecule has 1 atom stereocenters. The predicted octanol–water partition coefficient (Wildman–Crippen LogP) is 1.73. The second-order valence-corrected chi connectivity index (χ2v) is 4.60. The normalized spacial score (nSPS) is 11.9. The minimum atomic E-state index is -1.05. The Labute approximate surface area is 106 Å². The largest absolute Gasteiger partial charge is 0.480 e. The molecule has 0 radical (unpaired) electrons. The number of carboxylic acid groups (broad SMARTS) is 1. The number of aliphatic carboxylic acids is 1. The summed E-state index contributed by atoms with van der Waals surface area (Å²) in [5.41, 5.74) is 1.62. The first-order valence-electron chi connectivity index (χ1n) is 5.19. The van der Waals surface area contributed by atoms with Crippen molar-refractivity contribution in [3.63, 3.8) is 0 Å². The van der Waals surface area contributed by atoms with Crippen molar-refractivity contribution in [1.29, 1.82) is 0 Å². The number of carbonyl (C=O) groups is 2. The van der Waals surface area contributed by atoms with Crippen LogP contribution in [0.25, 0.3) is 0 Å². The highest BCUT2D eigenvalue weighted by Crippen LogP contribution is 2.17.